The Balaban J connectivity index is -0.000000282. The molecule has 0 aliphatic rings. The molecule has 10 heteroatoms. The van der Waals surface area contributed by atoms with E-state index in [1.54, 1.807) is 0 Å². The maximum atomic E-state index is 10.3. The Kier molecular flexibility index (Phi) is 20.1. The fourth-order valence-corrected chi connectivity index (χ4v) is 0.962. The van der Waals surface area contributed by atoms with Gasteiger partial charge in [-0.3, -0.25) is 9.59 Å². The second-order valence-corrected chi connectivity index (χ2v) is 3.15. The molecular formula is C7H14N2Na2O5S. The van der Waals surface area contributed by atoms with Gasteiger partial charge in [0, 0.05) is 73.2 Å². The number of aliphatic carboxylic acids is 2. The summed E-state index contributed by atoms with van der Waals surface area (Å²) in [5.74, 6) is -2.03. The summed E-state index contributed by atoms with van der Waals surface area (Å²) in [5, 5.41) is 17.1. The first-order valence-electron chi connectivity index (χ1n) is 3.74. The van der Waals surface area contributed by atoms with Gasteiger partial charge in [0.1, 0.15) is 13.1 Å². The average Bonchev–Trinajstić information content (AvgIpc) is 2.00. The molecule has 0 heterocycles. The van der Waals surface area contributed by atoms with Gasteiger partial charge in [-0.15, -0.1) is 0 Å². The van der Waals surface area contributed by atoms with Crippen LogP contribution in [0.2, 0.25) is 0 Å². The second-order valence-electron chi connectivity index (χ2n) is 2.78. The minimum atomic E-state index is -1.02. The summed E-state index contributed by atoms with van der Waals surface area (Å²) >= 11 is 4.86. The van der Waals surface area contributed by atoms with Crippen molar-refractivity contribution in [2.24, 2.45) is 0 Å². The van der Waals surface area contributed by atoms with Crippen LogP contribution < -0.4 is 0 Å². The summed E-state index contributed by atoms with van der Waals surface area (Å²) in [6.45, 7) is -0.494. The zero-order valence-electron chi connectivity index (χ0n) is 10.4. The third kappa shape index (κ3) is 12.8. The molecule has 2 radical (unpaired) electrons. The zero-order chi connectivity index (χ0) is 11.3. The number of hydrogen-bond acceptors (Lipinski definition) is 3. The molecule has 0 unspecified atom stereocenters. The van der Waals surface area contributed by atoms with E-state index in [1.807, 2.05) is 0 Å². The predicted molar refractivity (Wildman–Crippen MR) is 68.3 cm³/mol. The number of nitrogens with zero attached hydrogens (tertiary/aromatic N) is 2. The molecular weight excluding hydrogens is 270 g/mol. The fraction of sp³-hybridized carbons (Fsp3) is 0.571. The molecule has 0 saturated carbocycles. The molecule has 0 spiro atoms. The minimum Gasteiger partial charge on any atom is -0.480 e. The molecule has 0 bridgehead atoms. The van der Waals surface area contributed by atoms with E-state index in [2.05, 4.69) is 0 Å². The minimum absolute atomic E-state index is 0. The summed E-state index contributed by atoms with van der Waals surface area (Å²) in [4.78, 5) is 23.2. The van der Waals surface area contributed by atoms with Gasteiger partial charge in [0.05, 0.1) is 0 Å². The quantitative estimate of drug-likeness (QED) is 0.441. The van der Waals surface area contributed by atoms with Crippen molar-refractivity contribution in [1.29, 1.82) is 0 Å². The van der Waals surface area contributed by atoms with E-state index >= 15 is 0 Å². The van der Waals surface area contributed by atoms with E-state index < -0.39 is 11.9 Å². The van der Waals surface area contributed by atoms with Crippen LogP contribution in [0.25, 0.3) is 0 Å². The topological polar surface area (TPSA) is 113 Å². The number of carboxylic acids is 2. The number of carbonyl (C=O) groups is 2. The van der Waals surface area contributed by atoms with Crippen molar-refractivity contribution >= 4 is 88.4 Å². The summed E-state index contributed by atoms with van der Waals surface area (Å²) in [6, 6.07) is 0. The van der Waals surface area contributed by atoms with Crippen LogP contribution >= 0.6 is 12.2 Å². The Labute approximate surface area is 149 Å². The van der Waals surface area contributed by atoms with Crippen molar-refractivity contribution in [2.75, 3.05) is 27.2 Å². The van der Waals surface area contributed by atoms with Crippen molar-refractivity contribution in [3.8, 4) is 0 Å². The number of rotatable bonds is 4. The molecule has 0 atom stereocenters. The Hall–Kier alpha value is 0.590. The normalized spacial score (nSPS) is 7.65. The van der Waals surface area contributed by atoms with Gasteiger partial charge in [0.2, 0.25) is 0 Å². The largest absolute Gasteiger partial charge is 0.480 e. The first-order chi connectivity index (χ1) is 6.34. The maximum Gasteiger partial charge on any atom is 0.323 e. The van der Waals surface area contributed by atoms with Crippen LogP contribution in [0, 0.1) is 0 Å². The number of thiocarbonyl (C=S) groups is 1. The molecule has 17 heavy (non-hydrogen) atoms. The van der Waals surface area contributed by atoms with E-state index in [0.717, 1.165) is 0 Å². The molecule has 0 saturated heterocycles. The van der Waals surface area contributed by atoms with E-state index in [9.17, 15) is 9.59 Å². The molecule has 4 N–H and O–H groups in total. The maximum absolute atomic E-state index is 10.3. The smallest absolute Gasteiger partial charge is 0.323 e. The van der Waals surface area contributed by atoms with E-state index in [1.165, 1.54) is 23.9 Å². The first kappa shape index (κ1) is 26.2. The molecule has 0 rings (SSSR count). The molecule has 0 aromatic rings. The van der Waals surface area contributed by atoms with Crippen LogP contribution in [0.3, 0.4) is 0 Å². The van der Waals surface area contributed by atoms with Crippen LogP contribution in [0.5, 0.6) is 0 Å². The van der Waals surface area contributed by atoms with Crippen LogP contribution in [0.4, 0.5) is 0 Å². The zero-order valence-corrected chi connectivity index (χ0v) is 15.2. The second kappa shape index (κ2) is 13.0. The third-order valence-electron chi connectivity index (χ3n) is 1.40. The van der Waals surface area contributed by atoms with Gasteiger partial charge in [0.25, 0.3) is 0 Å². The molecule has 0 aliphatic carbocycles. The van der Waals surface area contributed by atoms with E-state index in [4.69, 9.17) is 22.4 Å². The molecule has 90 valence electrons. The monoisotopic (exact) mass is 284 g/mol. The summed E-state index contributed by atoms with van der Waals surface area (Å²) in [7, 11) is 2.99. The predicted octanol–water partition coefficient (Wildman–Crippen LogP) is -2.28. The van der Waals surface area contributed by atoms with Gasteiger partial charge < -0.3 is 25.5 Å². The van der Waals surface area contributed by atoms with Crippen molar-refractivity contribution in [3.63, 3.8) is 0 Å². The Morgan fingerprint density at radius 3 is 1.41 bits per heavy atom. The Morgan fingerprint density at radius 2 is 1.24 bits per heavy atom. The molecule has 7 nitrogen and oxygen atoms in total. The van der Waals surface area contributed by atoms with Gasteiger partial charge in [0.15, 0.2) is 5.11 Å². The van der Waals surface area contributed by atoms with Gasteiger partial charge in [-0.1, -0.05) is 0 Å². The van der Waals surface area contributed by atoms with Crippen molar-refractivity contribution in [2.45, 2.75) is 0 Å². The van der Waals surface area contributed by atoms with Gasteiger partial charge in [-0.05, 0) is 12.2 Å². The first-order valence-corrected chi connectivity index (χ1v) is 4.15. The van der Waals surface area contributed by atoms with Gasteiger partial charge >= 0.3 is 11.9 Å². The van der Waals surface area contributed by atoms with Gasteiger partial charge in [-0.2, -0.15) is 0 Å². The number of carboxylic acid groups (broad SMARTS) is 2. The molecule has 0 fully saturated rings. The fourth-order valence-electron chi connectivity index (χ4n) is 0.832. The van der Waals surface area contributed by atoms with Crippen LogP contribution in [-0.4, -0.2) is 129 Å². The molecule has 0 amide bonds. The summed E-state index contributed by atoms with van der Waals surface area (Å²) in [5.41, 5.74) is 0. The molecule has 0 aliphatic heterocycles. The number of hydrogen-bond donors (Lipinski definition) is 2. The molecule has 0 aromatic carbocycles. The van der Waals surface area contributed by atoms with Crippen LogP contribution in [0.1, 0.15) is 0 Å². The van der Waals surface area contributed by atoms with Crippen LogP contribution in [0.15, 0.2) is 0 Å². The van der Waals surface area contributed by atoms with E-state index in [-0.39, 0.29) is 82.8 Å². The molecule has 0 aromatic heterocycles. The average molecular weight is 284 g/mol. The van der Waals surface area contributed by atoms with Crippen molar-refractivity contribution in [1.82, 2.24) is 9.80 Å². The van der Waals surface area contributed by atoms with Crippen LogP contribution in [-0.2, 0) is 9.59 Å². The number of likely N-dealkylation sites (N-methyl/N-ethyl adjacent to an activating group) is 2. The van der Waals surface area contributed by atoms with Crippen molar-refractivity contribution < 1.29 is 25.3 Å². The SMILES string of the molecule is CN(CC(=O)O)C(=S)N(C)CC(=O)O.O.[Na].[Na]. The Morgan fingerprint density at radius 1 is 1.00 bits per heavy atom. The Bertz CT molecular complexity index is 243. The summed E-state index contributed by atoms with van der Waals surface area (Å²) in [6.07, 6.45) is 0. The standard InChI is InChI=1S/C7H12N2O4S.2Na.H2O/c1-8(3-5(10)11)7(14)9(2)4-6(12)13;;;/h3-4H2,1-2H3,(H,10,11)(H,12,13);;;1H2. The summed E-state index contributed by atoms with van der Waals surface area (Å²) < 4.78 is 0. The third-order valence-corrected chi connectivity index (χ3v) is 2.02. The van der Waals surface area contributed by atoms with Crippen molar-refractivity contribution in [3.05, 3.63) is 0 Å². The van der Waals surface area contributed by atoms with E-state index in [0.29, 0.717) is 0 Å². The van der Waals surface area contributed by atoms with Gasteiger partial charge in [-0.25, -0.2) is 0 Å².